The van der Waals surface area contributed by atoms with E-state index in [1.54, 1.807) is 0 Å². The van der Waals surface area contributed by atoms with E-state index in [-0.39, 0.29) is 11.9 Å². The number of rotatable bonds is 5. The Balaban J connectivity index is 1.68. The lowest BCUT2D eigenvalue weighted by molar-refractivity contribution is -0.123. The lowest BCUT2D eigenvalue weighted by Gasteiger charge is -2.27. The van der Waals surface area contributed by atoms with Gasteiger partial charge in [0, 0.05) is 30.6 Å². The summed E-state index contributed by atoms with van der Waals surface area (Å²) in [5.74, 6) is 1.96. The van der Waals surface area contributed by atoms with Crippen molar-refractivity contribution in [2.24, 2.45) is 0 Å². The van der Waals surface area contributed by atoms with E-state index in [2.05, 4.69) is 33.9 Å². The van der Waals surface area contributed by atoms with Crippen LogP contribution in [0.15, 0.2) is 30.3 Å². The number of nitrogens with zero attached hydrogens (tertiary/aromatic N) is 4. The van der Waals surface area contributed by atoms with Gasteiger partial charge < -0.3 is 9.88 Å². The molecule has 1 amide bonds. The third-order valence-corrected chi connectivity index (χ3v) is 4.62. The zero-order valence-electron chi connectivity index (χ0n) is 14.6. The molecule has 0 saturated carbocycles. The number of fused-ring (bicyclic) bond motifs is 1. The second kappa shape index (κ2) is 7.13. The maximum Gasteiger partial charge on any atom is 0.234 e. The van der Waals surface area contributed by atoms with Gasteiger partial charge in [-0.15, -0.1) is 10.2 Å². The van der Waals surface area contributed by atoms with Crippen molar-refractivity contribution in [3.63, 3.8) is 0 Å². The summed E-state index contributed by atoms with van der Waals surface area (Å²) in [4.78, 5) is 14.3. The molecule has 2 aromatic rings. The third kappa shape index (κ3) is 3.64. The van der Waals surface area contributed by atoms with Crippen LogP contribution in [0, 0.1) is 0 Å². The van der Waals surface area contributed by atoms with E-state index in [0.717, 1.165) is 36.6 Å². The molecule has 1 aromatic carbocycles. The van der Waals surface area contributed by atoms with Gasteiger partial charge in [-0.25, -0.2) is 0 Å². The van der Waals surface area contributed by atoms with Crippen LogP contribution in [0.2, 0.25) is 0 Å². The number of benzene rings is 1. The first-order chi connectivity index (χ1) is 11.5. The molecule has 1 atom stereocenters. The fourth-order valence-electron chi connectivity index (χ4n) is 2.93. The van der Waals surface area contributed by atoms with Gasteiger partial charge in [0.25, 0.3) is 0 Å². The molecule has 0 bridgehead atoms. The number of carbonyl (C=O) groups is 1. The molecule has 1 aromatic heterocycles. The predicted octanol–water partition coefficient (Wildman–Crippen LogP) is 1.72. The number of nitrogens with one attached hydrogen (secondary N) is 1. The van der Waals surface area contributed by atoms with Crippen LogP contribution in [0.1, 0.15) is 26.1 Å². The van der Waals surface area contributed by atoms with Gasteiger partial charge in [0.2, 0.25) is 5.91 Å². The van der Waals surface area contributed by atoms with Crippen LogP contribution in [-0.2, 0) is 17.8 Å². The largest absolute Gasteiger partial charge is 0.350 e. The highest BCUT2D eigenvalue weighted by atomic mass is 16.2. The molecule has 0 spiro atoms. The van der Waals surface area contributed by atoms with Crippen LogP contribution in [0.5, 0.6) is 0 Å². The van der Waals surface area contributed by atoms with Crippen LogP contribution in [0.3, 0.4) is 0 Å². The Hall–Kier alpha value is -2.21. The molecule has 128 valence electrons. The summed E-state index contributed by atoms with van der Waals surface area (Å²) >= 11 is 0. The van der Waals surface area contributed by atoms with Crippen molar-refractivity contribution in [3.05, 3.63) is 36.2 Å². The molecule has 6 nitrogen and oxygen atoms in total. The Bertz CT molecular complexity index is 695. The Labute approximate surface area is 142 Å². The number of amides is 1. The van der Waals surface area contributed by atoms with E-state index in [0.29, 0.717) is 12.6 Å². The highest BCUT2D eigenvalue weighted by Gasteiger charge is 2.24. The highest BCUT2D eigenvalue weighted by Crippen LogP contribution is 2.22. The van der Waals surface area contributed by atoms with Crippen molar-refractivity contribution in [2.75, 3.05) is 13.6 Å². The van der Waals surface area contributed by atoms with Crippen LogP contribution < -0.4 is 5.32 Å². The van der Waals surface area contributed by atoms with Gasteiger partial charge in [-0.2, -0.15) is 0 Å². The molecule has 2 heterocycles. The van der Waals surface area contributed by atoms with Gasteiger partial charge in [-0.1, -0.05) is 30.3 Å². The molecule has 24 heavy (non-hydrogen) atoms. The molecule has 1 aliphatic rings. The quantitative estimate of drug-likeness (QED) is 0.908. The first-order valence-electron chi connectivity index (χ1n) is 8.51. The van der Waals surface area contributed by atoms with Crippen LogP contribution in [0.4, 0.5) is 0 Å². The first kappa shape index (κ1) is 16.6. The molecule has 1 unspecified atom stereocenters. The standard InChI is InChI=1S/C18H25N5O/c1-13(2)22(3)12-17(24)19-15-9-10-16-20-21-18(23(16)11-15)14-7-5-4-6-8-14/h4-8,13,15H,9-12H2,1-3H3,(H,19,24). The zero-order chi connectivity index (χ0) is 17.1. The summed E-state index contributed by atoms with van der Waals surface area (Å²) in [5.41, 5.74) is 1.06. The second-order valence-electron chi connectivity index (χ2n) is 6.73. The maximum absolute atomic E-state index is 12.2. The summed E-state index contributed by atoms with van der Waals surface area (Å²) in [5, 5.41) is 11.8. The molecule has 0 radical (unpaired) electrons. The number of carbonyl (C=O) groups excluding carboxylic acids is 1. The van der Waals surface area contributed by atoms with Gasteiger partial charge >= 0.3 is 0 Å². The van der Waals surface area contributed by atoms with Crippen molar-refractivity contribution in [3.8, 4) is 11.4 Å². The van der Waals surface area contributed by atoms with E-state index >= 15 is 0 Å². The van der Waals surface area contributed by atoms with Crippen LogP contribution >= 0.6 is 0 Å². The number of hydrogen-bond donors (Lipinski definition) is 1. The van der Waals surface area contributed by atoms with E-state index in [4.69, 9.17) is 0 Å². The molecule has 0 saturated heterocycles. The van der Waals surface area contributed by atoms with Crippen LogP contribution in [0.25, 0.3) is 11.4 Å². The maximum atomic E-state index is 12.2. The summed E-state index contributed by atoms with van der Waals surface area (Å²) in [6.07, 6.45) is 1.74. The predicted molar refractivity (Wildman–Crippen MR) is 93.5 cm³/mol. The van der Waals surface area contributed by atoms with Crippen molar-refractivity contribution in [1.82, 2.24) is 25.0 Å². The Kier molecular flexibility index (Phi) is 4.94. The molecular formula is C18H25N5O. The highest BCUT2D eigenvalue weighted by molar-refractivity contribution is 5.78. The SMILES string of the molecule is CC(C)N(C)CC(=O)NC1CCc2nnc(-c3ccccc3)n2C1. The molecule has 0 aliphatic carbocycles. The molecule has 0 fully saturated rings. The third-order valence-electron chi connectivity index (χ3n) is 4.62. The van der Waals surface area contributed by atoms with E-state index in [1.165, 1.54) is 0 Å². The summed E-state index contributed by atoms with van der Waals surface area (Å²) < 4.78 is 2.13. The average molecular weight is 327 g/mol. The summed E-state index contributed by atoms with van der Waals surface area (Å²) in [6, 6.07) is 10.6. The lowest BCUT2D eigenvalue weighted by Crippen LogP contribution is -2.46. The number of aryl methyl sites for hydroxylation is 1. The molecule has 6 heteroatoms. The van der Waals surface area contributed by atoms with Gasteiger partial charge in [-0.3, -0.25) is 9.69 Å². The Morgan fingerprint density at radius 3 is 2.79 bits per heavy atom. The lowest BCUT2D eigenvalue weighted by atomic mass is 10.1. The minimum atomic E-state index is 0.0778. The Morgan fingerprint density at radius 2 is 2.08 bits per heavy atom. The van der Waals surface area contributed by atoms with Crippen LogP contribution in [-0.4, -0.2) is 51.2 Å². The molecular weight excluding hydrogens is 302 g/mol. The summed E-state index contributed by atoms with van der Waals surface area (Å²) in [6.45, 7) is 5.32. The number of aromatic nitrogens is 3. The van der Waals surface area contributed by atoms with Crippen molar-refractivity contribution in [2.45, 2.75) is 45.3 Å². The molecule has 1 aliphatic heterocycles. The number of hydrogen-bond acceptors (Lipinski definition) is 4. The van der Waals surface area contributed by atoms with Gasteiger partial charge in [0.1, 0.15) is 5.82 Å². The number of likely N-dealkylation sites (N-methyl/N-ethyl adjacent to an activating group) is 1. The second-order valence-corrected chi connectivity index (χ2v) is 6.73. The van der Waals surface area contributed by atoms with Crippen molar-refractivity contribution in [1.29, 1.82) is 0 Å². The zero-order valence-corrected chi connectivity index (χ0v) is 14.6. The van der Waals surface area contributed by atoms with E-state index in [9.17, 15) is 4.79 Å². The minimum absolute atomic E-state index is 0.0778. The van der Waals surface area contributed by atoms with Gasteiger partial charge in [0.15, 0.2) is 5.82 Å². The normalized spacial score (nSPS) is 17.1. The fraction of sp³-hybridized carbons (Fsp3) is 0.500. The van der Waals surface area contributed by atoms with Crippen molar-refractivity contribution < 1.29 is 4.79 Å². The summed E-state index contributed by atoms with van der Waals surface area (Å²) in [7, 11) is 1.97. The fourth-order valence-corrected chi connectivity index (χ4v) is 2.93. The van der Waals surface area contributed by atoms with Crippen molar-refractivity contribution >= 4 is 5.91 Å². The smallest absolute Gasteiger partial charge is 0.234 e. The first-order valence-corrected chi connectivity index (χ1v) is 8.51. The van der Waals surface area contributed by atoms with E-state index < -0.39 is 0 Å². The monoisotopic (exact) mass is 327 g/mol. The van der Waals surface area contributed by atoms with Gasteiger partial charge in [0.05, 0.1) is 6.54 Å². The average Bonchev–Trinajstić information content (AvgIpc) is 2.98. The van der Waals surface area contributed by atoms with Gasteiger partial charge in [-0.05, 0) is 27.3 Å². The Morgan fingerprint density at radius 1 is 1.33 bits per heavy atom. The minimum Gasteiger partial charge on any atom is -0.350 e. The molecule has 3 rings (SSSR count). The molecule has 1 N–H and O–H groups in total. The van der Waals surface area contributed by atoms with E-state index in [1.807, 2.05) is 42.3 Å². The topological polar surface area (TPSA) is 63.1 Å².